The zero-order valence-corrected chi connectivity index (χ0v) is 10.4. The quantitative estimate of drug-likeness (QED) is 0.819. The lowest BCUT2D eigenvalue weighted by molar-refractivity contribution is -0.119. The molecule has 0 spiro atoms. The Balaban J connectivity index is 1.58. The fourth-order valence-electron chi connectivity index (χ4n) is 2.41. The molecule has 2 aliphatic heterocycles. The summed E-state index contributed by atoms with van der Waals surface area (Å²) in [5.41, 5.74) is 1.05. The van der Waals surface area contributed by atoms with Crippen LogP contribution < -0.4 is 15.5 Å². The van der Waals surface area contributed by atoms with Crippen LogP contribution in [0.25, 0.3) is 0 Å². The molecule has 3 heterocycles. The van der Waals surface area contributed by atoms with Gasteiger partial charge in [0, 0.05) is 12.6 Å². The lowest BCUT2D eigenvalue weighted by Crippen LogP contribution is -2.47. The molecule has 0 bridgehead atoms. The summed E-state index contributed by atoms with van der Waals surface area (Å²) >= 11 is 0. The third kappa shape index (κ3) is 2.46. The zero-order valence-electron chi connectivity index (χ0n) is 10.4. The van der Waals surface area contributed by atoms with Gasteiger partial charge in [0.2, 0.25) is 0 Å². The van der Waals surface area contributed by atoms with Gasteiger partial charge in [-0.25, -0.2) is 4.98 Å². The van der Waals surface area contributed by atoms with Gasteiger partial charge in [-0.2, -0.15) is 0 Å². The molecule has 3 rings (SSSR count). The van der Waals surface area contributed by atoms with Gasteiger partial charge in [0.1, 0.15) is 5.82 Å². The number of hydrogen-bond donors (Lipinski definition) is 2. The number of nitrogens with one attached hydrogen (secondary N) is 2. The number of carbonyl (C=O) groups excluding carboxylic acids is 1. The monoisotopic (exact) mass is 246 g/mol. The first kappa shape index (κ1) is 11.5. The summed E-state index contributed by atoms with van der Waals surface area (Å²) in [5, 5.41) is 6.86. The average molecular weight is 246 g/mol. The fourth-order valence-corrected chi connectivity index (χ4v) is 2.41. The molecule has 2 fully saturated rings. The Labute approximate surface area is 107 Å². The van der Waals surface area contributed by atoms with E-state index in [1.54, 1.807) is 0 Å². The van der Waals surface area contributed by atoms with Crippen LogP contribution in [-0.2, 0) is 4.79 Å². The third-order valence-corrected chi connectivity index (χ3v) is 3.47. The van der Waals surface area contributed by atoms with E-state index in [-0.39, 0.29) is 5.78 Å². The minimum absolute atomic E-state index is 0.285. The van der Waals surface area contributed by atoms with Crippen molar-refractivity contribution < 1.29 is 4.79 Å². The molecule has 0 amide bonds. The van der Waals surface area contributed by atoms with Crippen LogP contribution in [-0.4, -0.2) is 43.0 Å². The highest BCUT2D eigenvalue weighted by molar-refractivity contribution is 5.94. The Hall–Kier alpha value is -1.62. The summed E-state index contributed by atoms with van der Waals surface area (Å²) in [5.74, 6) is 1.18. The highest BCUT2D eigenvalue weighted by atomic mass is 16.1. The first-order valence-electron chi connectivity index (χ1n) is 6.51. The van der Waals surface area contributed by atoms with Crippen LogP contribution in [0.2, 0.25) is 0 Å². The molecule has 96 valence electrons. The number of piperidine rings is 1. The molecule has 2 N–H and O–H groups in total. The molecule has 1 aromatic rings. The zero-order chi connectivity index (χ0) is 12.4. The minimum atomic E-state index is 0.285. The number of Topliss-reactive ketones (excluding diaryl/α,β-unsaturated/α-hetero) is 1. The van der Waals surface area contributed by atoms with E-state index in [2.05, 4.69) is 15.6 Å². The molecule has 0 aliphatic carbocycles. The van der Waals surface area contributed by atoms with E-state index in [0.717, 1.165) is 24.6 Å². The first-order chi connectivity index (χ1) is 8.81. The van der Waals surface area contributed by atoms with Crippen molar-refractivity contribution in [3.63, 3.8) is 0 Å². The second kappa shape index (κ2) is 4.94. The van der Waals surface area contributed by atoms with Gasteiger partial charge < -0.3 is 15.5 Å². The lowest BCUT2D eigenvalue weighted by atomic mass is 10.1. The van der Waals surface area contributed by atoms with E-state index in [4.69, 9.17) is 0 Å². The molecular formula is C13H18N4O. The summed E-state index contributed by atoms with van der Waals surface area (Å²) in [7, 11) is 0. The van der Waals surface area contributed by atoms with E-state index in [1.807, 2.05) is 23.2 Å². The predicted molar refractivity (Wildman–Crippen MR) is 71.0 cm³/mol. The minimum Gasteiger partial charge on any atom is -0.380 e. The van der Waals surface area contributed by atoms with Crippen molar-refractivity contribution in [2.24, 2.45) is 0 Å². The first-order valence-corrected chi connectivity index (χ1v) is 6.51. The van der Waals surface area contributed by atoms with Crippen LogP contribution in [0.4, 0.5) is 11.5 Å². The number of rotatable bonds is 3. The molecule has 1 unspecified atom stereocenters. The van der Waals surface area contributed by atoms with Crippen LogP contribution in [0, 0.1) is 0 Å². The number of hydrogen-bond acceptors (Lipinski definition) is 5. The summed E-state index contributed by atoms with van der Waals surface area (Å²) in [6.07, 6.45) is 4.28. The SMILES string of the molecule is O=C1CN(c2ccc(NC3CCCNC3)cn2)C1. The van der Waals surface area contributed by atoms with Gasteiger partial charge in [-0.15, -0.1) is 0 Å². The van der Waals surface area contributed by atoms with E-state index in [9.17, 15) is 4.79 Å². The molecule has 0 saturated carbocycles. The van der Waals surface area contributed by atoms with E-state index in [1.165, 1.54) is 12.8 Å². The highest BCUT2D eigenvalue weighted by Gasteiger charge is 2.24. The van der Waals surface area contributed by atoms with Crippen LogP contribution >= 0.6 is 0 Å². The molecule has 0 radical (unpaired) electrons. The second-order valence-electron chi connectivity index (χ2n) is 4.99. The Kier molecular flexibility index (Phi) is 3.15. The van der Waals surface area contributed by atoms with Gasteiger partial charge in [0.05, 0.1) is 25.0 Å². The maximum atomic E-state index is 10.9. The summed E-state index contributed by atoms with van der Waals surface area (Å²) in [6, 6.07) is 4.52. The van der Waals surface area contributed by atoms with Crippen LogP contribution in [0.3, 0.4) is 0 Å². The van der Waals surface area contributed by atoms with E-state index in [0.29, 0.717) is 19.1 Å². The molecular weight excluding hydrogens is 228 g/mol. The number of pyridine rings is 1. The standard InChI is InChI=1S/C13H18N4O/c18-12-8-17(9-12)13-4-3-11(7-15-13)16-10-2-1-5-14-6-10/h3-4,7,10,14,16H,1-2,5-6,8-9H2. The van der Waals surface area contributed by atoms with E-state index < -0.39 is 0 Å². The Morgan fingerprint density at radius 2 is 2.28 bits per heavy atom. The van der Waals surface area contributed by atoms with Crippen LogP contribution in [0.1, 0.15) is 12.8 Å². The number of ketones is 1. The molecule has 2 saturated heterocycles. The van der Waals surface area contributed by atoms with Gasteiger partial charge in [-0.3, -0.25) is 4.79 Å². The van der Waals surface area contributed by atoms with Gasteiger partial charge >= 0.3 is 0 Å². The van der Waals surface area contributed by atoms with Crippen LogP contribution in [0.5, 0.6) is 0 Å². The molecule has 2 aliphatic rings. The molecule has 1 aromatic heterocycles. The van der Waals surface area contributed by atoms with Crippen molar-refractivity contribution in [1.29, 1.82) is 0 Å². The number of anilines is 2. The van der Waals surface area contributed by atoms with Crippen molar-refractivity contribution in [2.75, 3.05) is 36.4 Å². The van der Waals surface area contributed by atoms with Gasteiger partial charge in [0.25, 0.3) is 0 Å². The summed E-state index contributed by atoms with van der Waals surface area (Å²) < 4.78 is 0. The largest absolute Gasteiger partial charge is 0.380 e. The topological polar surface area (TPSA) is 57.3 Å². The maximum absolute atomic E-state index is 10.9. The molecule has 1 atom stereocenters. The smallest absolute Gasteiger partial charge is 0.171 e. The number of carbonyl (C=O) groups is 1. The van der Waals surface area contributed by atoms with Crippen molar-refractivity contribution in [1.82, 2.24) is 10.3 Å². The van der Waals surface area contributed by atoms with Crippen LogP contribution in [0.15, 0.2) is 18.3 Å². The van der Waals surface area contributed by atoms with Crippen molar-refractivity contribution in [2.45, 2.75) is 18.9 Å². The van der Waals surface area contributed by atoms with E-state index >= 15 is 0 Å². The normalized spacial score (nSPS) is 23.7. The number of nitrogens with zero attached hydrogens (tertiary/aromatic N) is 2. The third-order valence-electron chi connectivity index (χ3n) is 3.47. The molecule has 0 aromatic carbocycles. The second-order valence-corrected chi connectivity index (χ2v) is 4.99. The maximum Gasteiger partial charge on any atom is 0.171 e. The van der Waals surface area contributed by atoms with Gasteiger partial charge in [-0.1, -0.05) is 0 Å². The Morgan fingerprint density at radius 1 is 1.39 bits per heavy atom. The fraction of sp³-hybridized carbons (Fsp3) is 0.538. The number of aromatic nitrogens is 1. The average Bonchev–Trinajstić information content (AvgIpc) is 2.38. The van der Waals surface area contributed by atoms with Crippen molar-refractivity contribution in [3.05, 3.63) is 18.3 Å². The van der Waals surface area contributed by atoms with Gasteiger partial charge in [-0.05, 0) is 31.5 Å². The van der Waals surface area contributed by atoms with Crippen molar-refractivity contribution >= 4 is 17.3 Å². The molecule has 5 nitrogen and oxygen atoms in total. The molecule has 5 heteroatoms. The Bertz CT molecular complexity index is 417. The van der Waals surface area contributed by atoms with Gasteiger partial charge in [0.15, 0.2) is 5.78 Å². The van der Waals surface area contributed by atoms with Crippen molar-refractivity contribution in [3.8, 4) is 0 Å². The predicted octanol–water partition coefficient (Wildman–Crippen LogP) is 0.635. The molecule has 18 heavy (non-hydrogen) atoms. The Morgan fingerprint density at radius 3 is 2.89 bits per heavy atom. The summed E-state index contributed by atoms with van der Waals surface area (Å²) in [6.45, 7) is 3.15. The highest BCUT2D eigenvalue weighted by Crippen LogP contribution is 2.19. The lowest BCUT2D eigenvalue weighted by Gasteiger charge is -2.30. The summed E-state index contributed by atoms with van der Waals surface area (Å²) in [4.78, 5) is 17.3.